The molecule has 2 heterocycles. The largest absolute Gasteiger partial charge is 0.496 e. The Balaban J connectivity index is 2.48. The summed E-state index contributed by atoms with van der Waals surface area (Å²) >= 11 is 0. The van der Waals surface area contributed by atoms with Gasteiger partial charge in [0, 0.05) is 5.39 Å². The molecule has 0 unspecified atom stereocenters. The predicted molar refractivity (Wildman–Crippen MR) is 68.9 cm³/mol. The Labute approximate surface area is 103 Å². The molecule has 3 N–H and O–H groups in total. The standard InChI is InChI=1S/C12H12N4O2/c1-17-8-3-4-9(18-2)10-6(8)5-7-11(13)15-16-12(7)14-10/h3-5H,1-2H3,(H3,13,14,15,16). The van der Waals surface area contributed by atoms with E-state index in [0.717, 1.165) is 16.5 Å². The monoisotopic (exact) mass is 244 g/mol. The van der Waals surface area contributed by atoms with Crippen molar-refractivity contribution in [3.05, 3.63) is 18.2 Å². The van der Waals surface area contributed by atoms with Gasteiger partial charge in [-0.25, -0.2) is 4.98 Å². The molecule has 0 aliphatic carbocycles. The summed E-state index contributed by atoms with van der Waals surface area (Å²) < 4.78 is 10.6. The number of hydrogen-bond donors (Lipinski definition) is 2. The molecule has 3 rings (SSSR count). The maximum Gasteiger partial charge on any atom is 0.183 e. The summed E-state index contributed by atoms with van der Waals surface area (Å²) in [5.74, 6) is 1.89. The van der Waals surface area contributed by atoms with Gasteiger partial charge in [0.05, 0.1) is 19.6 Å². The molecule has 18 heavy (non-hydrogen) atoms. The van der Waals surface area contributed by atoms with Crippen molar-refractivity contribution in [1.29, 1.82) is 0 Å². The second-order valence-electron chi connectivity index (χ2n) is 3.86. The van der Waals surface area contributed by atoms with Crippen molar-refractivity contribution in [2.24, 2.45) is 0 Å². The molecule has 0 saturated carbocycles. The number of H-pyrrole nitrogens is 1. The molecule has 0 aliphatic heterocycles. The molecule has 0 aliphatic rings. The zero-order valence-electron chi connectivity index (χ0n) is 10.0. The van der Waals surface area contributed by atoms with Crippen molar-refractivity contribution in [3.8, 4) is 11.5 Å². The molecule has 0 amide bonds. The van der Waals surface area contributed by atoms with Gasteiger partial charge in [0.15, 0.2) is 5.65 Å². The lowest BCUT2D eigenvalue weighted by molar-refractivity contribution is 0.410. The fourth-order valence-electron chi connectivity index (χ4n) is 2.00. The molecule has 6 nitrogen and oxygen atoms in total. The van der Waals surface area contributed by atoms with E-state index >= 15 is 0 Å². The van der Waals surface area contributed by atoms with Crippen molar-refractivity contribution < 1.29 is 9.47 Å². The van der Waals surface area contributed by atoms with E-state index in [-0.39, 0.29) is 0 Å². The summed E-state index contributed by atoms with van der Waals surface area (Å²) in [5, 5.41) is 8.37. The number of ether oxygens (including phenoxy) is 2. The molecule has 0 atom stereocenters. The minimum absolute atomic E-state index is 0.490. The van der Waals surface area contributed by atoms with E-state index in [1.165, 1.54) is 0 Å². The van der Waals surface area contributed by atoms with Crippen LogP contribution in [0.1, 0.15) is 0 Å². The van der Waals surface area contributed by atoms with Gasteiger partial charge in [0.1, 0.15) is 22.8 Å². The van der Waals surface area contributed by atoms with E-state index in [1.54, 1.807) is 14.2 Å². The second kappa shape index (κ2) is 3.76. The smallest absolute Gasteiger partial charge is 0.183 e. The molecule has 2 aromatic heterocycles. The minimum Gasteiger partial charge on any atom is -0.496 e. The third-order valence-corrected chi connectivity index (χ3v) is 2.90. The molecular weight excluding hydrogens is 232 g/mol. The number of aromatic nitrogens is 3. The summed E-state index contributed by atoms with van der Waals surface area (Å²) in [6, 6.07) is 5.55. The number of hydrogen-bond acceptors (Lipinski definition) is 5. The number of fused-ring (bicyclic) bond motifs is 2. The molecule has 6 heteroatoms. The Morgan fingerprint density at radius 1 is 1.11 bits per heavy atom. The van der Waals surface area contributed by atoms with Crippen LogP contribution in [0, 0.1) is 0 Å². The van der Waals surface area contributed by atoms with Gasteiger partial charge in [-0.15, -0.1) is 0 Å². The van der Waals surface area contributed by atoms with E-state index in [1.807, 2.05) is 18.2 Å². The number of methoxy groups -OCH3 is 2. The average molecular weight is 244 g/mol. The summed E-state index contributed by atoms with van der Waals surface area (Å²) in [6.07, 6.45) is 0. The van der Waals surface area contributed by atoms with Crippen LogP contribution in [0.3, 0.4) is 0 Å². The molecule has 0 fully saturated rings. The number of nitrogens with one attached hydrogen (secondary N) is 1. The molecule has 1 aromatic carbocycles. The van der Waals surface area contributed by atoms with Gasteiger partial charge in [0.25, 0.3) is 0 Å². The van der Waals surface area contributed by atoms with Crippen LogP contribution in [0.25, 0.3) is 21.9 Å². The molecule has 92 valence electrons. The van der Waals surface area contributed by atoms with Crippen molar-refractivity contribution >= 4 is 27.8 Å². The topological polar surface area (TPSA) is 86.0 Å². The number of benzene rings is 1. The number of aromatic amines is 1. The Bertz CT molecular complexity index is 736. The van der Waals surface area contributed by atoms with Crippen LogP contribution in [0.15, 0.2) is 18.2 Å². The summed E-state index contributed by atoms with van der Waals surface area (Å²) in [7, 11) is 3.22. The van der Waals surface area contributed by atoms with Crippen LogP contribution in [0.5, 0.6) is 11.5 Å². The first-order valence-electron chi connectivity index (χ1n) is 5.40. The number of anilines is 1. The molecule has 0 spiro atoms. The first-order valence-corrected chi connectivity index (χ1v) is 5.40. The highest BCUT2D eigenvalue weighted by Gasteiger charge is 2.12. The van der Waals surface area contributed by atoms with Gasteiger partial charge >= 0.3 is 0 Å². The lowest BCUT2D eigenvalue weighted by Crippen LogP contribution is -1.92. The quantitative estimate of drug-likeness (QED) is 0.716. The summed E-state index contributed by atoms with van der Waals surface area (Å²) in [4.78, 5) is 4.45. The van der Waals surface area contributed by atoms with Crippen LogP contribution in [0.4, 0.5) is 5.82 Å². The number of nitrogens with zero attached hydrogens (tertiary/aromatic N) is 2. The van der Waals surface area contributed by atoms with E-state index in [4.69, 9.17) is 15.2 Å². The second-order valence-corrected chi connectivity index (χ2v) is 3.86. The van der Waals surface area contributed by atoms with Gasteiger partial charge in [-0.2, -0.15) is 5.10 Å². The highest BCUT2D eigenvalue weighted by molar-refractivity contribution is 6.00. The van der Waals surface area contributed by atoms with Gasteiger partial charge < -0.3 is 15.2 Å². The van der Waals surface area contributed by atoms with Crippen molar-refractivity contribution in [1.82, 2.24) is 15.2 Å². The number of nitrogens with two attached hydrogens (primary N) is 1. The zero-order valence-corrected chi connectivity index (χ0v) is 10.0. The van der Waals surface area contributed by atoms with Crippen LogP contribution >= 0.6 is 0 Å². The van der Waals surface area contributed by atoms with Crippen LogP contribution in [-0.4, -0.2) is 29.4 Å². The normalized spacial score (nSPS) is 11.0. The maximum atomic E-state index is 5.80. The summed E-state index contributed by atoms with van der Waals surface area (Å²) in [5.41, 5.74) is 7.07. The van der Waals surface area contributed by atoms with Gasteiger partial charge in [-0.1, -0.05) is 0 Å². The molecule has 0 saturated heterocycles. The minimum atomic E-state index is 0.490. The van der Waals surface area contributed by atoms with E-state index in [9.17, 15) is 0 Å². The fourth-order valence-corrected chi connectivity index (χ4v) is 2.00. The Hall–Kier alpha value is -2.50. The summed E-state index contributed by atoms with van der Waals surface area (Å²) in [6.45, 7) is 0. The highest BCUT2D eigenvalue weighted by Crippen LogP contribution is 2.34. The number of pyridine rings is 1. The first kappa shape index (κ1) is 10.6. The Morgan fingerprint density at radius 2 is 1.83 bits per heavy atom. The lowest BCUT2D eigenvalue weighted by atomic mass is 10.1. The molecule has 3 aromatic rings. The van der Waals surface area contributed by atoms with Crippen molar-refractivity contribution in [3.63, 3.8) is 0 Å². The van der Waals surface area contributed by atoms with E-state index in [2.05, 4.69) is 15.2 Å². The number of rotatable bonds is 2. The van der Waals surface area contributed by atoms with E-state index < -0.39 is 0 Å². The number of nitrogen functional groups attached to an aromatic ring is 1. The zero-order chi connectivity index (χ0) is 12.7. The Kier molecular flexibility index (Phi) is 2.22. The van der Waals surface area contributed by atoms with E-state index in [0.29, 0.717) is 22.7 Å². The molecule has 0 bridgehead atoms. The SMILES string of the molecule is COc1ccc(OC)c2nc3n[nH]c(N)c3cc12. The van der Waals surface area contributed by atoms with Gasteiger partial charge in [0.2, 0.25) is 0 Å². The van der Waals surface area contributed by atoms with Crippen LogP contribution in [-0.2, 0) is 0 Å². The lowest BCUT2D eigenvalue weighted by Gasteiger charge is -2.08. The maximum absolute atomic E-state index is 5.80. The predicted octanol–water partition coefficient (Wildman–Crippen LogP) is 1.71. The van der Waals surface area contributed by atoms with Gasteiger partial charge in [-0.05, 0) is 18.2 Å². The van der Waals surface area contributed by atoms with Crippen LogP contribution in [0.2, 0.25) is 0 Å². The van der Waals surface area contributed by atoms with Crippen molar-refractivity contribution in [2.45, 2.75) is 0 Å². The van der Waals surface area contributed by atoms with Crippen molar-refractivity contribution in [2.75, 3.05) is 20.0 Å². The first-order chi connectivity index (χ1) is 8.74. The third-order valence-electron chi connectivity index (χ3n) is 2.90. The molecule has 0 radical (unpaired) electrons. The Morgan fingerprint density at radius 3 is 2.56 bits per heavy atom. The highest BCUT2D eigenvalue weighted by atomic mass is 16.5. The van der Waals surface area contributed by atoms with Gasteiger partial charge in [-0.3, -0.25) is 5.10 Å². The molecular formula is C12H12N4O2. The third kappa shape index (κ3) is 1.35. The fraction of sp³-hybridized carbons (Fsp3) is 0.167. The van der Waals surface area contributed by atoms with Crippen LogP contribution < -0.4 is 15.2 Å². The average Bonchev–Trinajstić information content (AvgIpc) is 2.76.